The summed E-state index contributed by atoms with van der Waals surface area (Å²) in [7, 11) is 0. The molecule has 0 spiro atoms. The maximum absolute atomic E-state index is 6.09. The zero-order valence-electron chi connectivity index (χ0n) is 9.75. The lowest BCUT2D eigenvalue weighted by Crippen LogP contribution is -2.21. The zero-order valence-corrected chi connectivity index (χ0v) is 10.5. The second-order valence-corrected chi connectivity index (χ2v) is 5.40. The van der Waals surface area contributed by atoms with Crippen molar-refractivity contribution in [3.05, 3.63) is 29.6 Å². The van der Waals surface area contributed by atoms with Gasteiger partial charge in [0.15, 0.2) is 0 Å². The minimum atomic E-state index is 0.410. The van der Waals surface area contributed by atoms with E-state index in [2.05, 4.69) is 23.3 Å². The number of hydrogen-bond acceptors (Lipinski definition) is 2. The molecule has 0 amide bonds. The lowest BCUT2D eigenvalue weighted by molar-refractivity contribution is 0.489. The summed E-state index contributed by atoms with van der Waals surface area (Å²) < 4.78 is 0. The van der Waals surface area contributed by atoms with Gasteiger partial charge in [0, 0.05) is 24.3 Å². The SMILES string of the molecule is Cc1cncc(CNCC2CCC(Cl)C2)c1. The molecule has 0 aliphatic heterocycles. The minimum Gasteiger partial charge on any atom is -0.312 e. The summed E-state index contributed by atoms with van der Waals surface area (Å²) in [6, 6.07) is 2.18. The fourth-order valence-corrected chi connectivity index (χ4v) is 2.71. The van der Waals surface area contributed by atoms with Crippen molar-refractivity contribution in [2.24, 2.45) is 5.92 Å². The van der Waals surface area contributed by atoms with Crippen molar-refractivity contribution in [2.75, 3.05) is 6.54 Å². The molecule has 0 radical (unpaired) electrons. The third-order valence-corrected chi connectivity index (χ3v) is 3.57. The average molecular weight is 239 g/mol. The quantitative estimate of drug-likeness (QED) is 0.816. The van der Waals surface area contributed by atoms with Gasteiger partial charge in [-0.15, -0.1) is 11.6 Å². The third kappa shape index (κ3) is 3.46. The number of alkyl halides is 1. The first-order valence-electron chi connectivity index (χ1n) is 5.99. The van der Waals surface area contributed by atoms with Crippen LogP contribution in [0, 0.1) is 12.8 Å². The van der Waals surface area contributed by atoms with Crippen LogP contribution in [0.25, 0.3) is 0 Å². The van der Waals surface area contributed by atoms with Crippen molar-refractivity contribution in [3.8, 4) is 0 Å². The Morgan fingerprint density at radius 3 is 3.00 bits per heavy atom. The van der Waals surface area contributed by atoms with Gasteiger partial charge in [-0.3, -0.25) is 4.98 Å². The first-order chi connectivity index (χ1) is 7.74. The second kappa shape index (κ2) is 5.65. The first-order valence-corrected chi connectivity index (χ1v) is 6.43. The van der Waals surface area contributed by atoms with Gasteiger partial charge in [-0.05, 0) is 49.8 Å². The molecule has 1 aliphatic carbocycles. The Bertz CT molecular complexity index is 340. The van der Waals surface area contributed by atoms with Crippen LogP contribution < -0.4 is 5.32 Å². The van der Waals surface area contributed by atoms with Crippen LogP contribution in [0.4, 0.5) is 0 Å². The summed E-state index contributed by atoms with van der Waals surface area (Å²) in [6.07, 6.45) is 7.44. The van der Waals surface area contributed by atoms with Crippen molar-refractivity contribution in [1.82, 2.24) is 10.3 Å². The summed E-state index contributed by atoms with van der Waals surface area (Å²) in [5, 5.41) is 3.90. The van der Waals surface area contributed by atoms with E-state index in [9.17, 15) is 0 Å². The van der Waals surface area contributed by atoms with E-state index in [1.807, 2.05) is 12.4 Å². The Labute approximate surface area is 102 Å². The molecule has 88 valence electrons. The summed E-state index contributed by atoms with van der Waals surface area (Å²) in [5.74, 6) is 0.764. The topological polar surface area (TPSA) is 24.9 Å². The molecule has 2 unspecified atom stereocenters. The predicted molar refractivity (Wildman–Crippen MR) is 67.7 cm³/mol. The van der Waals surface area contributed by atoms with Crippen LogP contribution >= 0.6 is 11.6 Å². The molecule has 3 heteroatoms. The largest absolute Gasteiger partial charge is 0.312 e. The van der Waals surface area contributed by atoms with E-state index in [1.165, 1.54) is 30.4 Å². The molecule has 1 aromatic heterocycles. The number of nitrogens with one attached hydrogen (secondary N) is 1. The van der Waals surface area contributed by atoms with E-state index in [4.69, 9.17) is 11.6 Å². The number of aryl methyl sites for hydroxylation is 1. The Hall–Kier alpha value is -0.600. The van der Waals surface area contributed by atoms with Crippen LogP contribution in [0.5, 0.6) is 0 Å². The molecule has 1 aromatic rings. The number of hydrogen-bond donors (Lipinski definition) is 1. The molecule has 2 atom stereocenters. The molecule has 0 saturated heterocycles. The fraction of sp³-hybridized carbons (Fsp3) is 0.615. The highest BCUT2D eigenvalue weighted by atomic mass is 35.5. The van der Waals surface area contributed by atoms with Crippen LogP contribution in [0.3, 0.4) is 0 Å². The van der Waals surface area contributed by atoms with Crippen LogP contribution in [-0.4, -0.2) is 16.9 Å². The van der Waals surface area contributed by atoms with Crippen molar-refractivity contribution >= 4 is 11.6 Å². The molecule has 0 aromatic carbocycles. The molecular formula is C13H19ClN2. The van der Waals surface area contributed by atoms with Crippen LogP contribution in [0.2, 0.25) is 0 Å². The van der Waals surface area contributed by atoms with Crippen LogP contribution in [0.15, 0.2) is 18.5 Å². The normalized spacial score (nSPS) is 24.9. The maximum Gasteiger partial charge on any atom is 0.0339 e. The van der Waals surface area contributed by atoms with Gasteiger partial charge in [0.1, 0.15) is 0 Å². The zero-order chi connectivity index (χ0) is 11.4. The van der Waals surface area contributed by atoms with Crippen molar-refractivity contribution in [2.45, 2.75) is 38.1 Å². The smallest absolute Gasteiger partial charge is 0.0339 e. The summed E-state index contributed by atoms with van der Waals surface area (Å²) >= 11 is 6.09. The standard InChI is InChI=1S/C13H19ClN2/c1-10-4-12(8-15-6-10)9-16-7-11-2-3-13(14)5-11/h4,6,8,11,13,16H,2-3,5,7,9H2,1H3. The van der Waals surface area contributed by atoms with Gasteiger partial charge >= 0.3 is 0 Å². The van der Waals surface area contributed by atoms with Gasteiger partial charge in [-0.25, -0.2) is 0 Å². The van der Waals surface area contributed by atoms with Crippen molar-refractivity contribution in [1.29, 1.82) is 0 Å². The monoisotopic (exact) mass is 238 g/mol. The molecule has 0 bridgehead atoms. The summed E-state index contributed by atoms with van der Waals surface area (Å²) in [5.41, 5.74) is 2.49. The third-order valence-electron chi connectivity index (χ3n) is 3.17. The van der Waals surface area contributed by atoms with Gasteiger partial charge in [-0.1, -0.05) is 6.07 Å². The Balaban J connectivity index is 1.72. The summed E-state index contributed by atoms with van der Waals surface area (Å²) in [4.78, 5) is 4.19. The minimum absolute atomic E-state index is 0.410. The van der Waals surface area contributed by atoms with E-state index < -0.39 is 0 Å². The predicted octanol–water partition coefficient (Wildman–Crippen LogP) is 2.89. The second-order valence-electron chi connectivity index (χ2n) is 4.78. The molecule has 1 heterocycles. The maximum atomic E-state index is 6.09. The highest BCUT2D eigenvalue weighted by Gasteiger charge is 2.22. The number of nitrogens with zero attached hydrogens (tertiary/aromatic N) is 1. The van der Waals surface area contributed by atoms with Crippen LogP contribution in [-0.2, 0) is 6.54 Å². The van der Waals surface area contributed by atoms with E-state index >= 15 is 0 Å². The lowest BCUT2D eigenvalue weighted by Gasteiger charge is -2.10. The molecule has 1 aliphatic rings. The Morgan fingerprint density at radius 1 is 1.44 bits per heavy atom. The number of rotatable bonds is 4. The highest BCUT2D eigenvalue weighted by Crippen LogP contribution is 2.28. The molecule has 16 heavy (non-hydrogen) atoms. The molecule has 1 fully saturated rings. The number of pyridine rings is 1. The van der Waals surface area contributed by atoms with E-state index in [0.29, 0.717) is 5.38 Å². The number of aromatic nitrogens is 1. The molecule has 1 saturated carbocycles. The average Bonchev–Trinajstić information content (AvgIpc) is 2.64. The van der Waals surface area contributed by atoms with Crippen molar-refractivity contribution in [3.63, 3.8) is 0 Å². The van der Waals surface area contributed by atoms with Crippen molar-refractivity contribution < 1.29 is 0 Å². The van der Waals surface area contributed by atoms with Gasteiger partial charge in [-0.2, -0.15) is 0 Å². The first kappa shape index (κ1) is 11.9. The summed E-state index contributed by atoms with van der Waals surface area (Å²) in [6.45, 7) is 4.07. The molecular weight excluding hydrogens is 220 g/mol. The highest BCUT2D eigenvalue weighted by molar-refractivity contribution is 6.20. The van der Waals surface area contributed by atoms with Gasteiger partial charge in [0.05, 0.1) is 0 Å². The lowest BCUT2D eigenvalue weighted by atomic mass is 10.1. The van der Waals surface area contributed by atoms with Gasteiger partial charge in [0.25, 0.3) is 0 Å². The molecule has 1 N–H and O–H groups in total. The van der Waals surface area contributed by atoms with E-state index in [0.717, 1.165) is 19.0 Å². The fourth-order valence-electron chi connectivity index (χ4n) is 2.33. The van der Waals surface area contributed by atoms with Gasteiger partial charge in [0.2, 0.25) is 0 Å². The number of halogens is 1. The van der Waals surface area contributed by atoms with E-state index in [1.54, 1.807) is 0 Å². The Morgan fingerprint density at radius 2 is 2.31 bits per heavy atom. The van der Waals surface area contributed by atoms with Gasteiger partial charge < -0.3 is 5.32 Å². The van der Waals surface area contributed by atoms with Crippen LogP contribution in [0.1, 0.15) is 30.4 Å². The van der Waals surface area contributed by atoms with E-state index in [-0.39, 0.29) is 0 Å². The molecule has 2 nitrogen and oxygen atoms in total. The Kier molecular flexibility index (Phi) is 4.19. The molecule has 2 rings (SSSR count).